The predicted octanol–water partition coefficient (Wildman–Crippen LogP) is 15.0. The average Bonchev–Trinajstić information content (AvgIpc) is 3.76. The molecule has 12 rings (SSSR count). The molecule has 1 aromatic heterocycles. The van der Waals surface area contributed by atoms with Crippen LogP contribution in [0.2, 0.25) is 0 Å². The summed E-state index contributed by atoms with van der Waals surface area (Å²) in [6.07, 6.45) is 0. The fourth-order valence-corrected chi connectivity index (χ4v) is 10.7. The van der Waals surface area contributed by atoms with E-state index in [9.17, 15) is 0 Å². The molecule has 1 heterocycles. The molecule has 2 aliphatic carbocycles. The maximum Gasteiger partial charge on any atom is 0.160 e. The van der Waals surface area contributed by atoms with Gasteiger partial charge in [-0.2, -0.15) is 0 Å². The Bertz CT molecular complexity index is 3330. The summed E-state index contributed by atoms with van der Waals surface area (Å²) in [6, 6.07) is 79.6. The average molecular weight is 791 g/mol. The molecule has 0 bridgehead atoms. The van der Waals surface area contributed by atoms with E-state index in [1.54, 1.807) is 0 Å². The number of hydrogen-bond donors (Lipinski definition) is 0. The third kappa shape index (κ3) is 5.36. The second kappa shape index (κ2) is 13.9. The first kappa shape index (κ1) is 36.2. The van der Waals surface area contributed by atoms with Gasteiger partial charge >= 0.3 is 0 Å². The van der Waals surface area contributed by atoms with Gasteiger partial charge in [0.1, 0.15) is 0 Å². The Labute approximate surface area is 362 Å². The van der Waals surface area contributed by atoms with E-state index in [0.29, 0.717) is 5.82 Å². The van der Waals surface area contributed by atoms with Crippen molar-refractivity contribution in [3.8, 4) is 67.3 Å². The van der Waals surface area contributed by atoms with Gasteiger partial charge in [-0.3, -0.25) is 0 Å². The summed E-state index contributed by atoms with van der Waals surface area (Å²) >= 11 is 0. The van der Waals surface area contributed by atoms with Crippen molar-refractivity contribution in [3.63, 3.8) is 0 Å². The van der Waals surface area contributed by atoms with Crippen molar-refractivity contribution >= 4 is 10.8 Å². The van der Waals surface area contributed by atoms with Crippen LogP contribution in [0.1, 0.15) is 47.2 Å². The van der Waals surface area contributed by atoms with E-state index in [4.69, 9.17) is 9.97 Å². The van der Waals surface area contributed by atoms with Gasteiger partial charge in [-0.05, 0) is 95.7 Å². The van der Waals surface area contributed by atoms with Gasteiger partial charge < -0.3 is 0 Å². The molecule has 0 N–H and O–H groups in total. The molecule has 10 aromatic rings. The Morgan fingerprint density at radius 3 is 1.52 bits per heavy atom. The summed E-state index contributed by atoms with van der Waals surface area (Å²) in [5.74, 6) is 0.701. The number of nitrogens with zero attached hydrogens (tertiary/aromatic N) is 2. The van der Waals surface area contributed by atoms with Gasteiger partial charge in [-0.25, -0.2) is 9.97 Å². The van der Waals surface area contributed by atoms with E-state index in [1.165, 1.54) is 72.1 Å². The molecule has 2 nitrogen and oxygen atoms in total. The van der Waals surface area contributed by atoms with E-state index in [1.807, 2.05) is 6.07 Å². The van der Waals surface area contributed by atoms with E-state index >= 15 is 0 Å². The first-order valence-electron chi connectivity index (χ1n) is 21.6. The molecule has 2 heteroatoms. The molecule has 2 aliphatic rings. The zero-order valence-electron chi connectivity index (χ0n) is 34.7. The minimum absolute atomic E-state index is 0.0367. The van der Waals surface area contributed by atoms with Crippen LogP contribution in [0, 0.1) is 0 Å². The Morgan fingerprint density at radius 1 is 0.306 bits per heavy atom. The van der Waals surface area contributed by atoms with Gasteiger partial charge in [0.25, 0.3) is 0 Å². The number of fused-ring (bicyclic) bond motifs is 7. The number of hydrogen-bond acceptors (Lipinski definition) is 2. The lowest BCUT2D eigenvalue weighted by Gasteiger charge is -2.34. The highest BCUT2D eigenvalue weighted by Crippen LogP contribution is 2.57. The van der Waals surface area contributed by atoms with Crippen LogP contribution >= 0.6 is 0 Å². The fourth-order valence-electron chi connectivity index (χ4n) is 10.7. The summed E-state index contributed by atoms with van der Waals surface area (Å²) in [7, 11) is 0. The molecule has 62 heavy (non-hydrogen) atoms. The molecule has 292 valence electrons. The summed E-state index contributed by atoms with van der Waals surface area (Å²) in [4.78, 5) is 10.7. The van der Waals surface area contributed by atoms with Crippen LogP contribution in [0.3, 0.4) is 0 Å². The van der Waals surface area contributed by atoms with Gasteiger partial charge in [0.2, 0.25) is 0 Å². The van der Waals surface area contributed by atoms with Crippen LogP contribution in [-0.2, 0) is 10.8 Å². The highest BCUT2D eigenvalue weighted by atomic mass is 14.9. The summed E-state index contributed by atoms with van der Waals surface area (Å²) < 4.78 is 0. The van der Waals surface area contributed by atoms with Crippen LogP contribution in [0.15, 0.2) is 218 Å². The van der Waals surface area contributed by atoms with Crippen LogP contribution in [0.25, 0.3) is 78.1 Å². The number of benzene rings is 9. The van der Waals surface area contributed by atoms with E-state index in [2.05, 4.69) is 226 Å². The van der Waals surface area contributed by atoms with Crippen molar-refractivity contribution in [2.45, 2.75) is 24.7 Å². The van der Waals surface area contributed by atoms with Crippen molar-refractivity contribution in [3.05, 3.63) is 252 Å². The van der Waals surface area contributed by atoms with E-state index < -0.39 is 5.41 Å². The van der Waals surface area contributed by atoms with Crippen LogP contribution in [-0.4, -0.2) is 9.97 Å². The molecule has 0 fully saturated rings. The maximum atomic E-state index is 5.36. The molecule has 0 aliphatic heterocycles. The molecule has 0 atom stereocenters. The first-order chi connectivity index (χ1) is 30.5. The standard InChI is InChI=1S/C60H42N2/c1-59(2)52-28-16-14-27-48(52)51-36-40(31-35-53(51)59)44-33-34-50(46-25-13-12-24-45(44)46)57-38-56(61-58(62-57)39-18-6-3-7-19-39)41-30-32-49-47-26-15-17-29-54(47)60(55(49)37-41,42-20-8-4-9-21-42)43-22-10-5-11-23-43/h3-38H,1-2H3. The quantitative estimate of drug-likeness (QED) is 0.168. The van der Waals surface area contributed by atoms with Gasteiger partial charge in [0.05, 0.1) is 16.8 Å². The highest BCUT2D eigenvalue weighted by molar-refractivity contribution is 6.05. The zero-order chi connectivity index (χ0) is 41.4. The molecular weight excluding hydrogens is 749 g/mol. The lowest BCUT2D eigenvalue weighted by molar-refractivity contribution is 0.660. The molecule has 0 unspecified atom stereocenters. The predicted molar refractivity (Wildman–Crippen MR) is 256 cm³/mol. The molecule has 0 amide bonds. The highest BCUT2D eigenvalue weighted by Gasteiger charge is 2.46. The van der Waals surface area contributed by atoms with Gasteiger partial charge in [-0.1, -0.05) is 214 Å². The molecule has 0 saturated heterocycles. The molecular formula is C60H42N2. The minimum Gasteiger partial charge on any atom is -0.228 e. The van der Waals surface area contributed by atoms with Crippen molar-refractivity contribution in [2.24, 2.45) is 0 Å². The molecule has 9 aromatic carbocycles. The normalized spacial score (nSPS) is 13.9. The first-order valence-corrected chi connectivity index (χ1v) is 21.6. The lowest BCUT2D eigenvalue weighted by atomic mass is 9.67. The van der Waals surface area contributed by atoms with Gasteiger partial charge in [0, 0.05) is 22.1 Å². The largest absolute Gasteiger partial charge is 0.228 e. The molecule has 0 radical (unpaired) electrons. The van der Waals surface area contributed by atoms with E-state index in [0.717, 1.165) is 33.5 Å². The Morgan fingerprint density at radius 2 is 0.806 bits per heavy atom. The topological polar surface area (TPSA) is 25.8 Å². The Hall–Kier alpha value is -7.68. The van der Waals surface area contributed by atoms with Crippen LogP contribution in [0.5, 0.6) is 0 Å². The molecule has 0 spiro atoms. The number of rotatable bonds is 6. The monoisotopic (exact) mass is 790 g/mol. The van der Waals surface area contributed by atoms with Gasteiger partial charge in [0.15, 0.2) is 5.82 Å². The van der Waals surface area contributed by atoms with Gasteiger partial charge in [-0.15, -0.1) is 0 Å². The number of aromatic nitrogens is 2. The fraction of sp³-hybridized carbons (Fsp3) is 0.0667. The third-order valence-electron chi connectivity index (χ3n) is 13.6. The van der Waals surface area contributed by atoms with Crippen molar-refractivity contribution in [1.29, 1.82) is 0 Å². The lowest BCUT2D eigenvalue weighted by Crippen LogP contribution is -2.28. The van der Waals surface area contributed by atoms with Crippen LogP contribution < -0.4 is 0 Å². The Kier molecular flexibility index (Phi) is 8.14. The van der Waals surface area contributed by atoms with Crippen LogP contribution in [0.4, 0.5) is 0 Å². The summed E-state index contributed by atoms with van der Waals surface area (Å²) in [6.45, 7) is 4.68. The van der Waals surface area contributed by atoms with Crippen molar-refractivity contribution < 1.29 is 0 Å². The zero-order valence-corrected chi connectivity index (χ0v) is 34.7. The third-order valence-corrected chi connectivity index (χ3v) is 13.6. The second-order valence-corrected chi connectivity index (χ2v) is 17.3. The van der Waals surface area contributed by atoms with E-state index in [-0.39, 0.29) is 5.41 Å². The van der Waals surface area contributed by atoms with Crippen molar-refractivity contribution in [1.82, 2.24) is 9.97 Å². The summed E-state index contributed by atoms with van der Waals surface area (Å²) in [5.41, 5.74) is 19.7. The van der Waals surface area contributed by atoms with Crippen molar-refractivity contribution in [2.75, 3.05) is 0 Å². The molecule has 0 saturated carbocycles. The smallest absolute Gasteiger partial charge is 0.160 e. The summed E-state index contributed by atoms with van der Waals surface area (Å²) in [5, 5.41) is 2.36. The SMILES string of the molecule is CC1(C)c2ccccc2-c2cc(-c3ccc(-c4cc(-c5ccc6c(c5)C(c5ccccc5)(c5ccccc5)c5ccccc5-6)nc(-c5ccccc5)n4)c4ccccc34)ccc21. The second-order valence-electron chi connectivity index (χ2n) is 17.3. The Balaban J connectivity index is 1.05. The maximum absolute atomic E-state index is 5.36. The minimum atomic E-state index is -0.510.